The summed E-state index contributed by atoms with van der Waals surface area (Å²) in [7, 11) is 0. The van der Waals surface area contributed by atoms with Gasteiger partial charge in [-0.15, -0.1) is 11.3 Å². The van der Waals surface area contributed by atoms with Gasteiger partial charge in [-0.2, -0.15) is 0 Å². The summed E-state index contributed by atoms with van der Waals surface area (Å²) in [6, 6.07) is 56.7. The predicted octanol–water partition coefficient (Wildman–Crippen LogP) is 12.0. The Kier molecular flexibility index (Phi) is 6.05. The monoisotopic (exact) mass is 553 g/mol. The van der Waals surface area contributed by atoms with Gasteiger partial charge in [0, 0.05) is 31.5 Å². The number of nitrogens with one attached hydrogen (secondary N) is 1. The van der Waals surface area contributed by atoms with Gasteiger partial charge in [0.05, 0.1) is 0 Å². The molecular weight excluding hydrogens is 527 g/mol. The van der Waals surface area contributed by atoms with Crippen LogP contribution in [-0.4, -0.2) is 0 Å². The second-order valence-electron chi connectivity index (χ2n) is 10.7. The molecule has 8 rings (SSSR count). The summed E-state index contributed by atoms with van der Waals surface area (Å²) in [4.78, 5) is 0. The molecule has 1 aromatic heterocycles. The van der Waals surface area contributed by atoms with Gasteiger partial charge in [-0.3, -0.25) is 0 Å². The van der Waals surface area contributed by atoms with Crippen molar-refractivity contribution in [3.8, 4) is 33.4 Å². The van der Waals surface area contributed by atoms with E-state index in [0.29, 0.717) is 0 Å². The average Bonchev–Trinajstić information content (AvgIpc) is 3.45. The minimum absolute atomic E-state index is 1.07. The molecule has 0 bridgehead atoms. The van der Waals surface area contributed by atoms with E-state index >= 15 is 0 Å². The smallest absolute Gasteiger partial charge is 0.0384 e. The van der Waals surface area contributed by atoms with E-state index in [2.05, 4.69) is 163 Å². The van der Waals surface area contributed by atoms with Crippen molar-refractivity contribution >= 4 is 53.7 Å². The van der Waals surface area contributed by atoms with E-state index in [0.717, 1.165) is 11.4 Å². The number of fused-ring (bicyclic) bond motifs is 5. The first kappa shape index (κ1) is 24.6. The number of benzene rings is 7. The number of thiophene rings is 1. The molecule has 0 aliphatic carbocycles. The number of hydrogen-bond acceptors (Lipinski definition) is 2. The van der Waals surface area contributed by atoms with Crippen LogP contribution in [0.1, 0.15) is 0 Å². The lowest BCUT2D eigenvalue weighted by molar-refractivity contribution is 1.53. The largest absolute Gasteiger partial charge is 0.356 e. The lowest BCUT2D eigenvalue weighted by Crippen LogP contribution is -1.90. The highest BCUT2D eigenvalue weighted by Crippen LogP contribution is 2.40. The third-order valence-corrected chi connectivity index (χ3v) is 9.21. The molecule has 0 spiro atoms. The van der Waals surface area contributed by atoms with Crippen LogP contribution in [0.3, 0.4) is 0 Å². The van der Waals surface area contributed by atoms with Crippen molar-refractivity contribution in [3.63, 3.8) is 0 Å². The molecule has 2 heteroatoms. The zero-order chi connectivity index (χ0) is 27.9. The van der Waals surface area contributed by atoms with Crippen molar-refractivity contribution in [1.82, 2.24) is 0 Å². The van der Waals surface area contributed by atoms with Gasteiger partial charge in [-0.05, 0) is 86.6 Å². The van der Waals surface area contributed by atoms with E-state index < -0.39 is 0 Å². The topological polar surface area (TPSA) is 12.0 Å². The van der Waals surface area contributed by atoms with Crippen LogP contribution < -0.4 is 5.32 Å². The molecule has 0 atom stereocenters. The second kappa shape index (κ2) is 10.3. The normalized spacial score (nSPS) is 11.3. The molecular formula is C40H27NS. The van der Waals surface area contributed by atoms with Gasteiger partial charge >= 0.3 is 0 Å². The second-order valence-corrected chi connectivity index (χ2v) is 11.8. The summed E-state index contributed by atoms with van der Waals surface area (Å²) in [5.41, 5.74) is 9.51. The molecule has 1 heterocycles. The van der Waals surface area contributed by atoms with E-state index in [4.69, 9.17) is 0 Å². The first-order valence-electron chi connectivity index (χ1n) is 14.3. The molecule has 0 saturated heterocycles. The predicted molar refractivity (Wildman–Crippen MR) is 183 cm³/mol. The van der Waals surface area contributed by atoms with Gasteiger partial charge in [0.2, 0.25) is 0 Å². The third-order valence-electron chi connectivity index (χ3n) is 8.08. The first-order valence-corrected chi connectivity index (χ1v) is 15.1. The number of hydrogen-bond donors (Lipinski definition) is 1. The lowest BCUT2D eigenvalue weighted by Gasteiger charge is -2.10. The highest BCUT2D eigenvalue weighted by Gasteiger charge is 2.10. The summed E-state index contributed by atoms with van der Waals surface area (Å²) >= 11 is 1.87. The zero-order valence-corrected chi connectivity index (χ0v) is 23.7. The zero-order valence-electron chi connectivity index (χ0n) is 22.9. The Hall–Kier alpha value is -5.18. The van der Waals surface area contributed by atoms with Gasteiger partial charge < -0.3 is 5.32 Å². The van der Waals surface area contributed by atoms with Gasteiger partial charge in [0.1, 0.15) is 0 Å². The molecule has 1 nitrogen and oxygen atoms in total. The maximum Gasteiger partial charge on any atom is 0.0384 e. The molecule has 0 aliphatic heterocycles. The molecule has 42 heavy (non-hydrogen) atoms. The molecule has 198 valence electrons. The molecule has 0 unspecified atom stereocenters. The Balaban J connectivity index is 1.02. The Morgan fingerprint density at radius 3 is 1.52 bits per heavy atom. The molecule has 1 N–H and O–H groups in total. The van der Waals surface area contributed by atoms with Crippen LogP contribution in [0.5, 0.6) is 0 Å². The maximum absolute atomic E-state index is 3.56. The Morgan fingerprint density at radius 2 is 0.857 bits per heavy atom. The van der Waals surface area contributed by atoms with Crippen molar-refractivity contribution in [3.05, 3.63) is 158 Å². The van der Waals surface area contributed by atoms with E-state index in [9.17, 15) is 0 Å². The molecule has 8 aromatic rings. The van der Waals surface area contributed by atoms with Crippen LogP contribution in [-0.2, 0) is 0 Å². The van der Waals surface area contributed by atoms with Crippen molar-refractivity contribution in [2.24, 2.45) is 0 Å². The third kappa shape index (κ3) is 4.52. The van der Waals surface area contributed by atoms with Gasteiger partial charge in [-0.25, -0.2) is 0 Å². The number of anilines is 2. The van der Waals surface area contributed by atoms with Crippen LogP contribution in [0.15, 0.2) is 158 Å². The number of rotatable bonds is 5. The average molecular weight is 554 g/mol. The molecule has 0 fully saturated rings. The fourth-order valence-electron chi connectivity index (χ4n) is 5.87. The standard InChI is InChI=1S/C40H27NS/c1-2-6-27(7-3-1)28-10-12-29(13-11-28)30-14-20-34(21-15-30)41-35-22-16-31(17-23-35)33-19-24-38-37(26-33)40-36-9-5-4-8-32(36)18-25-39(40)42-38/h1-26,41H. The van der Waals surface area contributed by atoms with Crippen LogP contribution >= 0.6 is 11.3 Å². The van der Waals surface area contributed by atoms with Crippen molar-refractivity contribution in [2.75, 3.05) is 5.32 Å². The van der Waals surface area contributed by atoms with Gasteiger partial charge in [0.15, 0.2) is 0 Å². The fourth-order valence-corrected chi connectivity index (χ4v) is 6.97. The highest BCUT2D eigenvalue weighted by molar-refractivity contribution is 7.26. The van der Waals surface area contributed by atoms with E-state index in [1.54, 1.807) is 0 Å². The summed E-state index contributed by atoms with van der Waals surface area (Å²) in [6.45, 7) is 0. The lowest BCUT2D eigenvalue weighted by atomic mass is 10.00. The van der Waals surface area contributed by atoms with Gasteiger partial charge in [-0.1, -0.05) is 115 Å². The van der Waals surface area contributed by atoms with E-state index in [-0.39, 0.29) is 0 Å². The van der Waals surface area contributed by atoms with Crippen LogP contribution in [0.4, 0.5) is 11.4 Å². The Bertz CT molecular complexity index is 2170. The minimum Gasteiger partial charge on any atom is -0.356 e. The van der Waals surface area contributed by atoms with Crippen LogP contribution in [0.2, 0.25) is 0 Å². The summed E-state index contributed by atoms with van der Waals surface area (Å²) in [5, 5.41) is 8.88. The highest BCUT2D eigenvalue weighted by atomic mass is 32.1. The molecule has 0 radical (unpaired) electrons. The fraction of sp³-hybridized carbons (Fsp3) is 0. The van der Waals surface area contributed by atoms with Crippen molar-refractivity contribution in [2.45, 2.75) is 0 Å². The molecule has 0 amide bonds. The van der Waals surface area contributed by atoms with Crippen LogP contribution in [0.25, 0.3) is 64.3 Å². The molecule has 7 aromatic carbocycles. The van der Waals surface area contributed by atoms with E-state index in [1.165, 1.54) is 64.3 Å². The van der Waals surface area contributed by atoms with Gasteiger partial charge in [0.25, 0.3) is 0 Å². The SMILES string of the molecule is c1ccc(-c2ccc(-c3ccc(Nc4ccc(-c5ccc6sc7ccc8ccccc8c7c6c5)cc4)cc3)cc2)cc1. The van der Waals surface area contributed by atoms with E-state index in [1.807, 2.05) is 11.3 Å². The summed E-state index contributed by atoms with van der Waals surface area (Å²) in [5.74, 6) is 0. The molecule has 0 aliphatic rings. The molecule has 0 saturated carbocycles. The minimum atomic E-state index is 1.07. The summed E-state index contributed by atoms with van der Waals surface area (Å²) < 4.78 is 2.68. The summed E-state index contributed by atoms with van der Waals surface area (Å²) in [6.07, 6.45) is 0. The maximum atomic E-state index is 3.56. The van der Waals surface area contributed by atoms with Crippen molar-refractivity contribution in [1.29, 1.82) is 0 Å². The Morgan fingerprint density at radius 1 is 0.357 bits per heavy atom. The van der Waals surface area contributed by atoms with Crippen molar-refractivity contribution < 1.29 is 0 Å². The van der Waals surface area contributed by atoms with Crippen LogP contribution in [0, 0.1) is 0 Å². The quantitative estimate of drug-likeness (QED) is 0.223. The Labute approximate surface area is 249 Å². The first-order chi connectivity index (χ1) is 20.8.